The van der Waals surface area contributed by atoms with Crippen LogP contribution in [0.15, 0.2) is 40.0 Å². The van der Waals surface area contributed by atoms with Gasteiger partial charge in [0.15, 0.2) is 5.82 Å². The first-order valence-electron chi connectivity index (χ1n) is 6.72. The molecular formula is C15H14FN3O3. The number of carbonyl (C=O) groups excluding carboxylic acids is 1. The lowest BCUT2D eigenvalue weighted by Gasteiger charge is -2.19. The van der Waals surface area contributed by atoms with Crippen molar-refractivity contribution < 1.29 is 18.5 Å². The molecule has 2 heterocycles. The molecule has 0 saturated carbocycles. The molecule has 1 aromatic carbocycles. The van der Waals surface area contributed by atoms with Crippen LogP contribution in [0.25, 0.3) is 0 Å². The molecule has 1 atom stereocenters. The van der Waals surface area contributed by atoms with Crippen molar-refractivity contribution in [2.24, 2.45) is 5.16 Å². The van der Waals surface area contributed by atoms with Gasteiger partial charge in [-0.1, -0.05) is 22.4 Å². The molecule has 0 fully saturated rings. The second-order valence-electron chi connectivity index (χ2n) is 5.32. The molecule has 1 aromatic heterocycles. The molecule has 1 aliphatic heterocycles. The lowest BCUT2D eigenvalue weighted by Crippen LogP contribution is -2.40. The molecule has 0 unspecified atom stereocenters. The highest BCUT2D eigenvalue weighted by Gasteiger charge is 2.42. The summed E-state index contributed by atoms with van der Waals surface area (Å²) in [4.78, 5) is 17.6. The number of hydrogen-bond donors (Lipinski definition) is 1. The average Bonchev–Trinajstić information content (AvgIpc) is 3.06. The number of benzene rings is 1. The van der Waals surface area contributed by atoms with E-state index in [1.807, 2.05) is 0 Å². The van der Waals surface area contributed by atoms with Crippen LogP contribution in [0.3, 0.4) is 0 Å². The Kier molecular flexibility index (Phi) is 3.40. The van der Waals surface area contributed by atoms with Crippen LogP contribution in [0, 0.1) is 12.7 Å². The molecule has 0 spiro atoms. The van der Waals surface area contributed by atoms with Crippen LogP contribution < -0.4 is 5.32 Å². The van der Waals surface area contributed by atoms with Crippen molar-refractivity contribution in [3.8, 4) is 0 Å². The number of nitrogens with zero attached hydrogens (tertiary/aromatic N) is 2. The zero-order chi connectivity index (χ0) is 15.7. The first-order chi connectivity index (χ1) is 10.5. The number of aryl methyl sites for hydroxylation is 1. The van der Waals surface area contributed by atoms with E-state index in [0.29, 0.717) is 22.9 Å². The largest absolute Gasteiger partial charge is 0.379 e. The Morgan fingerprint density at radius 2 is 2.23 bits per heavy atom. The maximum absolute atomic E-state index is 13.3. The zero-order valence-corrected chi connectivity index (χ0v) is 12.1. The third-order valence-electron chi connectivity index (χ3n) is 3.37. The van der Waals surface area contributed by atoms with Gasteiger partial charge in [0, 0.05) is 18.1 Å². The van der Waals surface area contributed by atoms with Crippen LogP contribution in [0.4, 0.5) is 10.2 Å². The van der Waals surface area contributed by atoms with E-state index in [2.05, 4.69) is 15.6 Å². The fraction of sp³-hybridized carbons (Fsp3) is 0.267. The molecule has 0 radical (unpaired) electrons. The van der Waals surface area contributed by atoms with Crippen molar-refractivity contribution in [2.75, 3.05) is 5.32 Å². The fourth-order valence-electron chi connectivity index (χ4n) is 2.16. The number of halogens is 1. The van der Waals surface area contributed by atoms with Gasteiger partial charge in [0.05, 0.1) is 5.71 Å². The summed E-state index contributed by atoms with van der Waals surface area (Å²) in [7, 11) is 0. The van der Waals surface area contributed by atoms with Crippen molar-refractivity contribution in [3.05, 3.63) is 47.5 Å². The number of oxime groups is 1. The predicted octanol–water partition coefficient (Wildman–Crippen LogP) is 2.64. The zero-order valence-electron chi connectivity index (χ0n) is 12.1. The quantitative estimate of drug-likeness (QED) is 0.945. The highest BCUT2D eigenvalue weighted by molar-refractivity contribution is 6.07. The molecule has 0 aliphatic carbocycles. The number of anilines is 1. The van der Waals surface area contributed by atoms with Crippen molar-refractivity contribution in [3.63, 3.8) is 0 Å². The van der Waals surface area contributed by atoms with E-state index in [4.69, 9.17) is 9.36 Å². The molecule has 7 heteroatoms. The second-order valence-corrected chi connectivity index (χ2v) is 5.32. The Morgan fingerprint density at radius 1 is 1.41 bits per heavy atom. The van der Waals surface area contributed by atoms with Gasteiger partial charge in [-0.05, 0) is 26.0 Å². The van der Waals surface area contributed by atoms with E-state index < -0.39 is 11.5 Å². The Balaban J connectivity index is 1.72. The van der Waals surface area contributed by atoms with E-state index >= 15 is 0 Å². The van der Waals surface area contributed by atoms with Crippen LogP contribution in [-0.2, 0) is 9.63 Å². The first-order valence-corrected chi connectivity index (χ1v) is 6.72. The minimum Gasteiger partial charge on any atom is -0.379 e. The number of hydrogen-bond acceptors (Lipinski definition) is 5. The molecule has 114 valence electrons. The van der Waals surface area contributed by atoms with E-state index in [1.54, 1.807) is 32.0 Å². The Labute approximate surface area is 125 Å². The normalized spacial score (nSPS) is 20.4. The maximum atomic E-state index is 13.3. The summed E-state index contributed by atoms with van der Waals surface area (Å²) >= 11 is 0. The minimum absolute atomic E-state index is 0.235. The van der Waals surface area contributed by atoms with Gasteiger partial charge in [0.1, 0.15) is 11.6 Å². The monoisotopic (exact) mass is 303 g/mol. The SMILES string of the molecule is Cc1cc(NC(=O)[C@@]2(C)CC(c3cccc(F)c3)=NO2)no1. The summed E-state index contributed by atoms with van der Waals surface area (Å²) in [6.45, 7) is 3.34. The van der Waals surface area contributed by atoms with Crippen LogP contribution >= 0.6 is 0 Å². The highest BCUT2D eigenvalue weighted by Crippen LogP contribution is 2.28. The van der Waals surface area contributed by atoms with E-state index in [0.717, 1.165) is 0 Å². The lowest BCUT2D eigenvalue weighted by molar-refractivity contribution is -0.136. The number of aromatic nitrogens is 1. The summed E-state index contributed by atoms with van der Waals surface area (Å²) in [5.41, 5.74) is -0.0589. The van der Waals surface area contributed by atoms with Gasteiger partial charge in [-0.25, -0.2) is 4.39 Å². The number of amides is 1. The van der Waals surface area contributed by atoms with Crippen molar-refractivity contribution in [1.82, 2.24) is 5.16 Å². The molecule has 1 aliphatic rings. The Bertz CT molecular complexity index is 756. The van der Waals surface area contributed by atoms with Gasteiger partial charge < -0.3 is 14.7 Å². The van der Waals surface area contributed by atoms with E-state index in [-0.39, 0.29) is 12.2 Å². The average molecular weight is 303 g/mol. The van der Waals surface area contributed by atoms with Crippen LogP contribution in [0.5, 0.6) is 0 Å². The van der Waals surface area contributed by atoms with Crippen molar-refractivity contribution in [1.29, 1.82) is 0 Å². The Morgan fingerprint density at radius 3 is 2.91 bits per heavy atom. The molecule has 22 heavy (non-hydrogen) atoms. The predicted molar refractivity (Wildman–Crippen MR) is 76.9 cm³/mol. The maximum Gasteiger partial charge on any atom is 0.272 e. The number of rotatable bonds is 3. The molecule has 1 amide bonds. The van der Waals surface area contributed by atoms with Gasteiger partial charge in [0.25, 0.3) is 5.91 Å². The van der Waals surface area contributed by atoms with Crippen molar-refractivity contribution in [2.45, 2.75) is 25.9 Å². The van der Waals surface area contributed by atoms with Crippen molar-refractivity contribution >= 4 is 17.4 Å². The van der Waals surface area contributed by atoms with E-state index in [9.17, 15) is 9.18 Å². The molecule has 0 bridgehead atoms. The molecule has 2 aromatic rings. The minimum atomic E-state index is -1.17. The van der Waals surface area contributed by atoms with Gasteiger partial charge in [-0.2, -0.15) is 0 Å². The molecule has 0 saturated heterocycles. The van der Waals surface area contributed by atoms with Gasteiger partial charge >= 0.3 is 0 Å². The fourth-order valence-corrected chi connectivity index (χ4v) is 2.16. The summed E-state index contributed by atoms with van der Waals surface area (Å²) in [6, 6.07) is 7.60. The summed E-state index contributed by atoms with van der Waals surface area (Å²) < 4.78 is 18.2. The summed E-state index contributed by atoms with van der Waals surface area (Å²) in [6.07, 6.45) is 0.235. The van der Waals surface area contributed by atoms with Gasteiger partial charge in [-0.15, -0.1) is 0 Å². The smallest absolute Gasteiger partial charge is 0.272 e. The lowest BCUT2D eigenvalue weighted by atomic mass is 9.95. The number of nitrogens with one attached hydrogen (secondary N) is 1. The third-order valence-corrected chi connectivity index (χ3v) is 3.37. The topological polar surface area (TPSA) is 76.7 Å². The molecular weight excluding hydrogens is 289 g/mol. The van der Waals surface area contributed by atoms with Crippen LogP contribution in [0.1, 0.15) is 24.7 Å². The van der Waals surface area contributed by atoms with Gasteiger partial charge in [-0.3, -0.25) is 4.79 Å². The molecule has 1 N–H and O–H groups in total. The van der Waals surface area contributed by atoms with E-state index in [1.165, 1.54) is 12.1 Å². The third kappa shape index (κ3) is 2.69. The molecule has 3 rings (SSSR count). The first kappa shape index (κ1) is 14.2. The summed E-state index contributed by atoms with van der Waals surface area (Å²) in [5.74, 6) is 0.142. The highest BCUT2D eigenvalue weighted by atomic mass is 19.1. The second kappa shape index (κ2) is 5.25. The van der Waals surface area contributed by atoms with Gasteiger partial charge in [0.2, 0.25) is 5.60 Å². The van der Waals surface area contributed by atoms with Crippen LogP contribution in [-0.4, -0.2) is 22.4 Å². The van der Waals surface area contributed by atoms with Crippen LogP contribution in [0.2, 0.25) is 0 Å². The molecule has 6 nitrogen and oxygen atoms in total. The summed E-state index contributed by atoms with van der Waals surface area (Å²) in [5, 5.41) is 10.2. The Hall–Kier alpha value is -2.70. The standard InChI is InChI=1S/C15H14FN3O3/c1-9-6-13(19-21-9)17-14(20)15(2)8-12(18-22-15)10-4-3-5-11(16)7-10/h3-7H,8H2,1-2H3,(H,17,19,20)/t15-/m1/s1. The number of carbonyl (C=O) groups is 1.